The van der Waals surface area contributed by atoms with Crippen LogP contribution in [0.15, 0.2) is 12.7 Å². The van der Waals surface area contributed by atoms with E-state index >= 15 is 0 Å². The van der Waals surface area contributed by atoms with E-state index in [2.05, 4.69) is 40.4 Å². The first-order chi connectivity index (χ1) is 9.22. The topological polar surface area (TPSA) is 52.6 Å². The van der Waals surface area contributed by atoms with Crippen LogP contribution in [-0.2, 0) is 18.7 Å². The normalized spacial score (nSPS) is 16.5. The minimum absolute atomic E-state index is 0.141. The summed E-state index contributed by atoms with van der Waals surface area (Å²) in [6, 6.07) is 0. The van der Waals surface area contributed by atoms with E-state index in [0.717, 1.165) is 6.26 Å². The zero-order chi connectivity index (χ0) is 16.9. The fourth-order valence-electron chi connectivity index (χ4n) is 1.72. The Morgan fingerprint density at radius 1 is 1.14 bits per heavy atom. The van der Waals surface area contributed by atoms with Crippen molar-refractivity contribution in [3.63, 3.8) is 0 Å². The molecule has 0 bridgehead atoms. The fourth-order valence-corrected chi connectivity index (χ4v) is 3.66. The van der Waals surface area contributed by atoms with Gasteiger partial charge in [-0.15, -0.1) is 6.58 Å². The van der Waals surface area contributed by atoms with E-state index in [1.165, 1.54) is 0 Å². The predicted molar refractivity (Wildman–Crippen MR) is 91.5 cm³/mol. The molecule has 4 nitrogen and oxygen atoms in total. The lowest BCUT2D eigenvalue weighted by Gasteiger charge is -2.37. The van der Waals surface area contributed by atoms with E-state index in [9.17, 15) is 8.42 Å². The number of rotatable bonds is 9. The largest absolute Gasteiger partial charge is 0.417 e. The molecule has 6 heteroatoms. The zero-order valence-electron chi connectivity index (χ0n) is 14.7. The molecule has 0 aliphatic rings. The smallest absolute Gasteiger partial charge is 0.264 e. The van der Waals surface area contributed by atoms with Crippen LogP contribution >= 0.6 is 0 Å². The van der Waals surface area contributed by atoms with Crippen LogP contribution in [0.25, 0.3) is 0 Å². The van der Waals surface area contributed by atoms with Crippen LogP contribution in [0, 0.1) is 0 Å². The molecule has 0 saturated carbocycles. The molecule has 21 heavy (non-hydrogen) atoms. The highest BCUT2D eigenvalue weighted by atomic mass is 32.2. The van der Waals surface area contributed by atoms with Crippen molar-refractivity contribution in [3.05, 3.63) is 12.7 Å². The summed E-state index contributed by atoms with van der Waals surface area (Å²) in [6.07, 6.45) is 4.75. The maximum Gasteiger partial charge on any atom is 0.264 e. The van der Waals surface area contributed by atoms with Gasteiger partial charge in [-0.25, -0.2) is 0 Å². The van der Waals surface area contributed by atoms with E-state index < -0.39 is 24.0 Å². The van der Waals surface area contributed by atoms with Gasteiger partial charge in [0.1, 0.15) is 0 Å². The average Bonchev–Trinajstić information content (AvgIpc) is 2.22. The van der Waals surface area contributed by atoms with Crippen LogP contribution in [-0.4, -0.2) is 35.2 Å². The molecule has 0 aliphatic carbocycles. The summed E-state index contributed by atoms with van der Waals surface area (Å²) in [7, 11) is -5.30. The third-order valence-corrected chi connectivity index (χ3v) is 9.37. The van der Waals surface area contributed by atoms with Crippen LogP contribution in [0.5, 0.6) is 0 Å². The van der Waals surface area contributed by atoms with Gasteiger partial charge in [0, 0.05) is 6.61 Å². The van der Waals surface area contributed by atoms with Crippen molar-refractivity contribution in [3.8, 4) is 0 Å². The molecule has 0 saturated heterocycles. The van der Waals surface area contributed by atoms with Crippen molar-refractivity contribution in [2.75, 3.05) is 12.9 Å². The van der Waals surface area contributed by atoms with Crippen molar-refractivity contribution in [2.24, 2.45) is 0 Å². The highest BCUT2D eigenvalue weighted by molar-refractivity contribution is 7.86. The molecule has 0 heterocycles. The van der Waals surface area contributed by atoms with Gasteiger partial charge in [-0.1, -0.05) is 26.8 Å². The van der Waals surface area contributed by atoms with E-state index in [4.69, 9.17) is 8.61 Å². The summed E-state index contributed by atoms with van der Waals surface area (Å²) in [5, 5.41) is 0.141. The Morgan fingerprint density at radius 3 is 2.05 bits per heavy atom. The van der Waals surface area contributed by atoms with Gasteiger partial charge in [-0.2, -0.15) is 8.42 Å². The first kappa shape index (κ1) is 20.8. The van der Waals surface area contributed by atoms with Crippen LogP contribution in [0.4, 0.5) is 0 Å². The van der Waals surface area contributed by atoms with Crippen LogP contribution in [0.1, 0.15) is 47.0 Å². The number of allylic oxidation sites excluding steroid dienone is 1. The summed E-state index contributed by atoms with van der Waals surface area (Å²) in [5.74, 6) is 0. The Bertz CT molecular complexity index is 437. The molecule has 0 aromatic heterocycles. The first-order valence-electron chi connectivity index (χ1n) is 7.38. The van der Waals surface area contributed by atoms with E-state index in [1.54, 1.807) is 6.08 Å². The van der Waals surface area contributed by atoms with Crippen LogP contribution in [0.3, 0.4) is 0 Å². The Kier molecular flexibility index (Phi) is 7.33. The van der Waals surface area contributed by atoms with Crippen molar-refractivity contribution >= 4 is 18.4 Å². The average molecular weight is 337 g/mol. The highest BCUT2D eigenvalue weighted by Gasteiger charge is 2.38. The lowest BCUT2D eigenvalue weighted by molar-refractivity contribution is 0.0610. The molecule has 0 radical (unpaired) electrons. The summed E-state index contributed by atoms with van der Waals surface area (Å²) >= 11 is 0. The standard InChI is InChI=1S/C15H32O4SSi/c1-9-10-11-15(5,19-20(6,16)17)12-13-18-21(7,8)14(2,3)4/h9H,1,10-13H2,2-8H3. The summed E-state index contributed by atoms with van der Waals surface area (Å²) in [4.78, 5) is 0. The first-order valence-corrected chi connectivity index (χ1v) is 12.1. The molecule has 0 aliphatic heterocycles. The van der Waals surface area contributed by atoms with Crippen molar-refractivity contribution in [1.29, 1.82) is 0 Å². The Labute approximate surface area is 132 Å². The van der Waals surface area contributed by atoms with E-state index in [1.807, 2.05) is 6.92 Å². The molecule has 0 amide bonds. The van der Waals surface area contributed by atoms with Gasteiger partial charge in [-0.05, 0) is 44.3 Å². The SMILES string of the molecule is C=CCCC(C)(CCO[Si](C)(C)C(C)(C)C)OS(C)(=O)=O. The zero-order valence-corrected chi connectivity index (χ0v) is 16.5. The Hall–Kier alpha value is -0.173. The molecule has 0 N–H and O–H groups in total. The van der Waals surface area contributed by atoms with Crippen LogP contribution < -0.4 is 0 Å². The molecule has 126 valence electrons. The fraction of sp³-hybridized carbons (Fsp3) is 0.867. The van der Waals surface area contributed by atoms with Gasteiger partial charge in [0.15, 0.2) is 8.32 Å². The van der Waals surface area contributed by atoms with Gasteiger partial charge in [0.2, 0.25) is 0 Å². The molecule has 1 unspecified atom stereocenters. The quantitative estimate of drug-likeness (QED) is 0.361. The Morgan fingerprint density at radius 2 is 1.67 bits per heavy atom. The molecule has 0 aromatic rings. The third kappa shape index (κ3) is 8.14. The predicted octanol–water partition coefficient (Wildman–Crippen LogP) is 4.10. The van der Waals surface area contributed by atoms with Gasteiger partial charge in [-0.3, -0.25) is 4.18 Å². The number of hydrogen-bond donors (Lipinski definition) is 0. The molecule has 0 rings (SSSR count). The molecular formula is C15H32O4SSi. The van der Waals surface area contributed by atoms with Crippen LogP contribution in [0.2, 0.25) is 18.1 Å². The summed E-state index contributed by atoms with van der Waals surface area (Å²) in [5.41, 5.74) is -0.732. The molecule has 0 aromatic carbocycles. The summed E-state index contributed by atoms with van der Waals surface area (Å²) < 4.78 is 34.3. The molecule has 0 fully saturated rings. The molecular weight excluding hydrogens is 304 g/mol. The highest BCUT2D eigenvalue weighted by Crippen LogP contribution is 2.37. The monoisotopic (exact) mass is 336 g/mol. The van der Waals surface area contributed by atoms with Crippen molar-refractivity contribution < 1.29 is 17.0 Å². The third-order valence-electron chi connectivity index (χ3n) is 4.13. The van der Waals surface area contributed by atoms with Crippen molar-refractivity contribution in [2.45, 2.75) is 70.7 Å². The minimum atomic E-state index is -3.49. The van der Waals surface area contributed by atoms with Gasteiger partial charge in [0.05, 0.1) is 11.9 Å². The minimum Gasteiger partial charge on any atom is -0.417 e. The van der Waals surface area contributed by atoms with E-state index in [-0.39, 0.29) is 5.04 Å². The van der Waals surface area contributed by atoms with Gasteiger partial charge >= 0.3 is 0 Å². The molecule has 0 spiro atoms. The summed E-state index contributed by atoms with van der Waals surface area (Å²) in [6.45, 7) is 16.9. The van der Waals surface area contributed by atoms with Crippen molar-refractivity contribution in [1.82, 2.24) is 0 Å². The maximum atomic E-state index is 11.4. The maximum absolute atomic E-state index is 11.4. The number of hydrogen-bond acceptors (Lipinski definition) is 4. The van der Waals surface area contributed by atoms with E-state index in [0.29, 0.717) is 25.9 Å². The second kappa shape index (κ2) is 7.40. The lowest BCUT2D eigenvalue weighted by Crippen LogP contribution is -2.42. The lowest BCUT2D eigenvalue weighted by atomic mass is 9.97. The molecule has 1 atom stereocenters. The second-order valence-corrected chi connectivity index (χ2v) is 13.8. The Balaban J connectivity index is 4.74. The van der Waals surface area contributed by atoms with Gasteiger partial charge < -0.3 is 4.43 Å². The van der Waals surface area contributed by atoms with Gasteiger partial charge in [0.25, 0.3) is 10.1 Å². The second-order valence-electron chi connectivity index (χ2n) is 7.42.